The predicted molar refractivity (Wildman–Crippen MR) is 71.8 cm³/mol. The van der Waals surface area contributed by atoms with Crippen LogP contribution in [0, 0.1) is 0 Å². The second-order valence-electron chi connectivity index (χ2n) is 4.30. The van der Waals surface area contributed by atoms with Gasteiger partial charge in [-0.2, -0.15) is 5.10 Å². The molecule has 3 nitrogen and oxygen atoms in total. The van der Waals surface area contributed by atoms with Crippen molar-refractivity contribution in [3.8, 4) is 11.1 Å². The van der Waals surface area contributed by atoms with Gasteiger partial charge in [0.05, 0.1) is 6.20 Å². The Balaban J connectivity index is 2.51. The van der Waals surface area contributed by atoms with E-state index in [0.29, 0.717) is 11.7 Å². The summed E-state index contributed by atoms with van der Waals surface area (Å²) in [6.45, 7) is 4.45. The molecular formula is C14H19N3. The number of aromatic amines is 1. The van der Waals surface area contributed by atoms with E-state index in [4.69, 9.17) is 5.73 Å². The van der Waals surface area contributed by atoms with E-state index in [2.05, 4.69) is 42.2 Å². The Morgan fingerprint density at radius 3 is 2.47 bits per heavy atom. The molecular weight excluding hydrogens is 210 g/mol. The van der Waals surface area contributed by atoms with Crippen molar-refractivity contribution in [2.45, 2.75) is 32.6 Å². The van der Waals surface area contributed by atoms with Crippen molar-refractivity contribution in [2.75, 3.05) is 5.73 Å². The van der Waals surface area contributed by atoms with Crippen molar-refractivity contribution in [1.29, 1.82) is 0 Å². The highest BCUT2D eigenvalue weighted by Crippen LogP contribution is 2.34. The topological polar surface area (TPSA) is 54.7 Å². The number of hydrogen-bond acceptors (Lipinski definition) is 2. The molecule has 1 heterocycles. The van der Waals surface area contributed by atoms with Crippen LogP contribution in [0.2, 0.25) is 0 Å². The van der Waals surface area contributed by atoms with Crippen molar-refractivity contribution < 1.29 is 0 Å². The molecule has 2 aromatic rings. The van der Waals surface area contributed by atoms with Crippen LogP contribution in [0.15, 0.2) is 30.5 Å². The van der Waals surface area contributed by atoms with E-state index in [1.165, 1.54) is 11.1 Å². The van der Waals surface area contributed by atoms with E-state index in [0.717, 1.165) is 18.4 Å². The third kappa shape index (κ3) is 2.18. The van der Waals surface area contributed by atoms with Gasteiger partial charge in [-0.25, -0.2) is 0 Å². The minimum atomic E-state index is 0.584. The molecule has 0 saturated heterocycles. The first kappa shape index (κ1) is 11.7. The Labute approximate surface area is 102 Å². The number of aromatic nitrogens is 2. The van der Waals surface area contributed by atoms with Crippen LogP contribution in [0.3, 0.4) is 0 Å². The van der Waals surface area contributed by atoms with Gasteiger partial charge < -0.3 is 5.73 Å². The zero-order chi connectivity index (χ0) is 12.3. The Kier molecular flexibility index (Phi) is 3.47. The van der Waals surface area contributed by atoms with Gasteiger partial charge in [0.1, 0.15) is 5.82 Å². The van der Waals surface area contributed by atoms with Crippen molar-refractivity contribution in [1.82, 2.24) is 10.2 Å². The lowest BCUT2D eigenvalue weighted by Crippen LogP contribution is -1.99. The highest BCUT2D eigenvalue weighted by Gasteiger charge is 2.14. The van der Waals surface area contributed by atoms with Gasteiger partial charge in [0.2, 0.25) is 0 Å². The summed E-state index contributed by atoms with van der Waals surface area (Å²) < 4.78 is 0. The van der Waals surface area contributed by atoms with E-state index in [1.54, 1.807) is 6.20 Å². The lowest BCUT2D eigenvalue weighted by molar-refractivity contribution is 0.643. The molecule has 1 aromatic carbocycles. The molecule has 3 N–H and O–H groups in total. The summed E-state index contributed by atoms with van der Waals surface area (Å²) in [7, 11) is 0. The lowest BCUT2D eigenvalue weighted by Gasteiger charge is -2.17. The Hall–Kier alpha value is -1.77. The van der Waals surface area contributed by atoms with Crippen LogP contribution in [0.1, 0.15) is 38.2 Å². The van der Waals surface area contributed by atoms with E-state index in [-0.39, 0.29) is 0 Å². The monoisotopic (exact) mass is 229 g/mol. The van der Waals surface area contributed by atoms with Gasteiger partial charge in [-0.1, -0.05) is 38.1 Å². The third-order valence-corrected chi connectivity index (χ3v) is 3.35. The van der Waals surface area contributed by atoms with E-state index in [9.17, 15) is 0 Å². The van der Waals surface area contributed by atoms with Crippen LogP contribution in [0.4, 0.5) is 5.82 Å². The largest absolute Gasteiger partial charge is 0.384 e. The average Bonchev–Trinajstić information content (AvgIpc) is 2.78. The number of benzene rings is 1. The SMILES string of the molecule is CCC(CC)c1ccccc1-c1cn[nH]c1N. The Morgan fingerprint density at radius 1 is 1.18 bits per heavy atom. The maximum Gasteiger partial charge on any atom is 0.126 e. The quantitative estimate of drug-likeness (QED) is 0.842. The summed E-state index contributed by atoms with van der Waals surface area (Å²) in [5.41, 5.74) is 9.48. The van der Waals surface area contributed by atoms with Gasteiger partial charge in [-0.05, 0) is 29.9 Å². The van der Waals surface area contributed by atoms with Crippen LogP contribution in [0.5, 0.6) is 0 Å². The zero-order valence-electron chi connectivity index (χ0n) is 10.4. The van der Waals surface area contributed by atoms with Gasteiger partial charge in [0.15, 0.2) is 0 Å². The van der Waals surface area contributed by atoms with Crippen molar-refractivity contribution >= 4 is 5.82 Å². The fourth-order valence-corrected chi connectivity index (χ4v) is 2.34. The molecule has 0 aliphatic rings. The maximum absolute atomic E-state index is 5.91. The van der Waals surface area contributed by atoms with Crippen LogP contribution < -0.4 is 5.73 Å². The predicted octanol–water partition coefficient (Wildman–Crippen LogP) is 3.56. The number of hydrogen-bond donors (Lipinski definition) is 2. The summed E-state index contributed by atoms with van der Waals surface area (Å²) in [5.74, 6) is 1.23. The maximum atomic E-state index is 5.91. The molecule has 2 rings (SSSR count). The number of nitrogen functional groups attached to an aromatic ring is 1. The number of nitrogens with zero attached hydrogens (tertiary/aromatic N) is 1. The Bertz CT molecular complexity index is 484. The first-order valence-corrected chi connectivity index (χ1v) is 6.16. The second kappa shape index (κ2) is 5.04. The summed E-state index contributed by atoms with van der Waals surface area (Å²) in [4.78, 5) is 0. The number of rotatable bonds is 4. The number of nitrogens with one attached hydrogen (secondary N) is 1. The summed E-state index contributed by atoms with van der Waals surface area (Å²) in [5, 5.41) is 6.80. The molecule has 0 radical (unpaired) electrons. The zero-order valence-corrected chi connectivity index (χ0v) is 10.4. The van der Waals surface area contributed by atoms with Crippen LogP contribution in [-0.2, 0) is 0 Å². The summed E-state index contributed by atoms with van der Waals surface area (Å²) in [6.07, 6.45) is 4.09. The molecule has 90 valence electrons. The van der Waals surface area contributed by atoms with E-state index in [1.807, 2.05) is 6.07 Å². The molecule has 0 aliphatic heterocycles. The fourth-order valence-electron chi connectivity index (χ4n) is 2.34. The van der Waals surface area contributed by atoms with Gasteiger partial charge in [0, 0.05) is 5.56 Å². The molecule has 17 heavy (non-hydrogen) atoms. The first-order chi connectivity index (χ1) is 8.27. The average molecular weight is 229 g/mol. The highest BCUT2D eigenvalue weighted by molar-refractivity contribution is 5.76. The second-order valence-corrected chi connectivity index (χ2v) is 4.30. The van der Waals surface area contributed by atoms with Crippen LogP contribution >= 0.6 is 0 Å². The molecule has 0 aliphatic carbocycles. The van der Waals surface area contributed by atoms with Gasteiger partial charge in [-0.3, -0.25) is 5.10 Å². The summed E-state index contributed by atoms with van der Waals surface area (Å²) in [6, 6.07) is 8.45. The molecule has 0 saturated carbocycles. The van der Waals surface area contributed by atoms with Gasteiger partial charge in [0.25, 0.3) is 0 Å². The minimum Gasteiger partial charge on any atom is -0.384 e. The molecule has 0 spiro atoms. The molecule has 0 fully saturated rings. The normalized spacial score (nSPS) is 11.0. The fraction of sp³-hybridized carbons (Fsp3) is 0.357. The molecule has 0 amide bonds. The van der Waals surface area contributed by atoms with Gasteiger partial charge in [-0.15, -0.1) is 0 Å². The number of anilines is 1. The molecule has 0 unspecified atom stereocenters. The van der Waals surface area contributed by atoms with Crippen LogP contribution in [0.25, 0.3) is 11.1 Å². The molecule has 3 heteroatoms. The number of nitrogens with two attached hydrogens (primary N) is 1. The van der Waals surface area contributed by atoms with E-state index >= 15 is 0 Å². The van der Waals surface area contributed by atoms with Crippen molar-refractivity contribution in [2.24, 2.45) is 0 Å². The molecule has 1 aromatic heterocycles. The van der Waals surface area contributed by atoms with Crippen molar-refractivity contribution in [3.63, 3.8) is 0 Å². The standard InChI is InChI=1S/C14H19N3/c1-3-10(4-2)11-7-5-6-8-12(11)13-9-16-17-14(13)15/h5-10H,3-4H2,1-2H3,(H3,15,16,17). The first-order valence-electron chi connectivity index (χ1n) is 6.16. The highest BCUT2D eigenvalue weighted by atomic mass is 15.1. The lowest BCUT2D eigenvalue weighted by atomic mass is 9.88. The molecule has 0 atom stereocenters. The van der Waals surface area contributed by atoms with Gasteiger partial charge >= 0.3 is 0 Å². The summed E-state index contributed by atoms with van der Waals surface area (Å²) >= 11 is 0. The van der Waals surface area contributed by atoms with Crippen molar-refractivity contribution in [3.05, 3.63) is 36.0 Å². The smallest absolute Gasteiger partial charge is 0.126 e. The number of H-pyrrole nitrogens is 1. The third-order valence-electron chi connectivity index (χ3n) is 3.35. The van der Waals surface area contributed by atoms with Crippen LogP contribution in [-0.4, -0.2) is 10.2 Å². The Morgan fingerprint density at radius 2 is 1.88 bits per heavy atom. The minimum absolute atomic E-state index is 0.584. The van der Waals surface area contributed by atoms with E-state index < -0.39 is 0 Å². The molecule has 0 bridgehead atoms.